The van der Waals surface area contributed by atoms with Crippen molar-refractivity contribution in [2.45, 2.75) is 20.3 Å². The molecule has 0 aliphatic carbocycles. The summed E-state index contributed by atoms with van der Waals surface area (Å²) in [6.45, 7) is 7.22. The SMILES string of the molecule is CCOc1cccc(C(=O)N2CCCN(C(=O)c3cccc(OCC)c3)CC2)c1. The Morgan fingerprint density at radius 2 is 1.21 bits per heavy atom. The molecule has 154 valence electrons. The maximum absolute atomic E-state index is 12.9. The summed E-state index contributed by atoms with van der Waals surface area (Å²) >= 11 is 0. The van der Waals surface area contributed by atoms with Gasteiger partial charge in [-0.25, -0.2) is 0 Å². The van der Waals surface area contributed by atoms with Crippen LogP contribution in [-0.4, -0.2) is 61.0 Å². The molecule has 29 heavy (non-hydrogen) atoms. The van der Waals surface area contributed by atoms with Crippen molar-refractivity contribution in [1.82, 2.24) is 9.80 Å². The summed E-state index contributed by atoms with van der Waals surface area (Å²) in [5.74, 6) is 1.33. The second-order valence-electron chi connectivity index (χ2n) is 6.86. The average Bonchev–Trinajstić information content (AvgIpc) is 3.00. The summed E-state index contributed by atoms with van der Waals surface area (Å²) in [6.07, 6.45) is 0.744. The van der Waals surface area contributed by atoms with Crippen molar-refractivity contribution in [3.05, 3.63) is 59.7 Å². The first kappa shape index (κ1) is 20.7. The molecule has 0 atom stereocenters. The zero-order valence-electron chi connectivity index (χ0n) is 17.1. The first-order valence-corrected chi connectivity index (χ1v) is 10.2. The predicted octanol–water partition coefficient (Wildman–Crippen LogP) is 3.47. The highest BCUT2D eigenvalue weighted by atomic mass is 16.5. The number of rotatable bonds is 6. The molecule has 1 saturated heterocycles. The van der Waals surface area contributed by atoms with Crippen LogP contribution in [0.1, 0.15) is 41.0 Å². The third-order valence-electron chi connectivity index (χ3n) is 4.85. The topological polar surface area (TPSA) is 59.1 Å². The van der Waals surface area contributed by atoms with Gasteiger partial charge in [-0.1, -0.05) is 12.1 Å². The van der Waals surface area contributed by atoms with Crippen molar-refractivity contribution in [1.29, 1.82) is 0 Å². The molecular formula is C23H28N2O4. The van der Waals surface area contributed by atoms with Gasteiger partial charge in [-0.3, -0.25) is 9.59 Å². The highest BCUT2D eigenvalue weighted by Gasteiger charge is 2.24. The Labute approximate surface area is 172 Å². The van der Waals surface area contributed by atoms with Crippen LogP contribution in [0.15, 0.2) is 48.5 Å². The Hall–Kier alpha value is -3.02. The van der Waals surface area contributed by atoms with Crippen LogP contribution in [0.3, 0.4) is 0 Å². The van der Waals surface area contributed by atoms with E-state index in [9.17, 15) is 9.59 Å². The Balaban J connectivity index is 1.65. The van der Waals surface area contributed by atoms with E-state index in [1.54, 1.807) is 24.3 Å². The molecule has 2 aromatic carbocycles. The summed E-state index contributed by atoms with van der Waals surface area (Å²) in [4.78, 5) is 29.5. The summed E-state index contributed by atoms with van der Waals surface area (Å²) in [7, 11) is 0. The lowest BCUT2D eigenvalue weighted by Gasteiger charge is -2.22. The molecular weight excluding hydrogens is 368 g/mol. The van der Waals surface area contributed by atoms with E-state index in [0.717, 1.165) is 6.42 Å². The minimum absolute atomic E-state index is 0.0285. The number of ether oxygens (including phenoxy) is 2. The second-order valence-corrected chi connectivity index (χ2v) is 6.86. The molecule has 6 heteroatoms. The highest BCUT2D eigenvalue weighted by Crippen LogP contribution is 2.18. The Morgan fingerprint density at radius 1 is 0.759 bits per heavy atom. The summed E-state index contributed by atoms with van der Waals surface area (Å²) < 4.78 is 11.0. The van der Waals surface area contributed by atoms with Crippen LogP contribution in [0, 0.1) is 0 Å². The van der Waals surface area contributed by atoms with E-state index >= 15 is 0 Å². The lowest BCUT2D eigenvalue weighted by molar-refractivity contribution is 0.0718. The fraction of sp³-hybridized carbons (Fsp3) is 0.391. The van der Waals surface area contributed by atoms with Gasteiger partial charge in [0, 0.05) is 37.3 Å². The first-order chi connectivity index (χ1) is 14.1. The van der Waals surface area contributed by atoms with Crippen molar-refractivity contribution in [3.63, 3.8) is 0 Å². The lowest BCUT2D eigenvalue weighted by atomic mass is 10.2. The normalized spacial score (nSPS) is 14.3. The maximum Gasteiger partial charge on any atom is 0.254 e. The summed E-state index contributed by atoms with van der Waals surface area (Å²) in [5, 5.41) is 0. The van der Waals surface area contributed by atoms with E-state index in [-0.39, 0.29) is 11.8 Å². The van der Waals surface area contributed by atoms with E-state index in [0.29, 0.717) is 62.0 Å². The number of amides is 2. The monoisotopic (exact) mass is 396 g/mol. The van der Waals surface area contributed by atoms with Crippen molar-refractivity contribution in [2.24, 2.45) is 0 Å². The van der Waals surface area contributed by atoms with E-state index in [2.05, 4.69) is 0 Å². The van der Waals surface area contributed by atoms with Crippen molar-refractivity contribution in [2.75, 3.05) is 39.4 Å². The molecule has 0 unspecified atom stereocenters. The van der Waals surface area contributed by atoms with Gasteiger partial charge in [0.1, 0.15) is 11.5 Å². The quantitative estimate of drug-likeness (QED) is 0.750. The Bertz CT molecular complexity index is 783. The Kier molecular flexibility index (Phi) is 7.11. The van der Waals surface area contributed by atoms with Crippen LogP contribution in [0.4, 0.5) is 0 Å². The van der Waals surface area contributed by atoms with Gasteiger partial charge in [-0.05, 0) is 56.7 Å². The molecule has 0 spiro atoms. The number of nitrogens with zero attached hydrogens (tertiary/aromatic N) is 2. The van der Waals surface area contributed by atoms with Gasteiger partial charge in [-0.2, -0.15) is 0 Å². The molecule has 0 radical (unpaired) electrons. The molecule has 0 bridgehead atoms. The molecule has 1 aliphatic heterocycles. The van der Waals surface area contributed by atoms with Gasteiger partial charge in [0.25, 0.3) is 11.8 Å². The molecule has 0 N–H and O–H groups in total. The van der Waals surface area contributed by atoms with Gasteiger partial charge < -0.3 is 19.3 Å². The van der Waals surface area contributed by atoms with Crippen molar-refractivity contribution >= 4 is 11.8 Å². The lowest BCUT2D eigenvalue weighted by Crippen LogP contribution is -2.37. The van der Waals surface area contributed by atoms with Crippen LogP contribution in [0.5, 0.6) is 11.5 Å². The van der Waals surface area contributed by atoms with Crippen LogP contribution in [0.2, 0.25) is 0 Å². The van der Waals surface area contributed by atoms with E-state index < -0.39 is 0 Å². The summed E-state index contributed by atoms with van der Waals surface area (Å²) in [6, 6.07) is 14.5. The van der Waals surface area contributed by atoms with Crippen molar-refractivity contribution in [3.8, 4) is 11.5 Å². The third kappa shape index (κ3) is 5.28. The third-order valence-corrected chi connectivity index (χ3v) is 4.85. The molecule has 0 saturated carbocycles. The molecule has 1 fully saturated rings. The Morgan fingerprint density at radius 3 is 1.62 bits per heavy atom. The number of carbonyl (C=O) groups excluding carboxylic acids is 2. The molecule has 3 rings (SSSR count). The van der Waals surface area contributed by atoms with Crippen LogP contribution >= 0.6 is 0 Å². The second kappa shape index (κ2) is 9.96. The van der Waals surface area contributed by atoms with Crippen LogP contribution < -0.4 is 9.47 Å². The smallest absolute Gasteiger partial charge is 0.254 e. The summed E-state index contributed by atoms with van der Waals surface area (Å²) in [5.41, 5.74) is 1.22. The predicted molar refractivity (Wildman–Crippen MR) is 112 cm³/mol. The fourth-order valence-corrected chi connectivity index (χ4v) is 3.46. The van der Waals surface area contributed by atoms with Gasteiger partial charge >= 0.3 is 0 Å². The number of carbonyl (C=O) groups is 2. The molecule has 2 aromatic rings. The highest BCUT2D eigenvalue weighted by molar-refractivity contribution is 5.96. The van der Waals surface area contributed by atoms with Crippen LogP contribution in [-0.2, 0) is 0 Å². The first-order valence-electron chi connectivity index (χ1n) is 10.2. The minimum Gasteiger partial charge on any atom is -0.494 e. The average molecular weight is 396 g/mol. The van der Waals surface area contributed by atoms with E-state index in [1.165, 1.54) is 0 Å². The molecule has 6 nitrogen and oxygen atoms in total. The van der Waals surface area contributed by atoms with Crippen molar-refractivity contribution < 1.29 is 19.1 Å². The fourth-order valence-electron chi connectivity index (χ4n) is 3.46. The zero-order valence-corrected chi connectivity index (χ0v) is 17.1. The van der Waals surface area contributed by atoms with Gasteiger partial charge in [0.15, 0.2) is 0 Å². The van der Waals surface area contributed by atoms with E-state index in [4.69, 9.17) is 9.47 Å². The minimum atomic E-state index is -0.0285. The maximum atomic E-state index is 12.9. The van der Waals surface area contributed by atoms with Gasteiger partial charge in [0.05, 0.1) is 13.2 Å². The molecule has 1 heterocycles. The molecule has 2 amide bonds. The number of benzene rings is 2. The largest absolute Gasteiger partial charge is 0.494 e. The molecule has 1 aliphatic rings. The van der Waals surface area contributed by atoms with Gasteiger partial charge in [-0.15, -0.1) is 0 Å². The molecule has 0 aromatic heterocycles. The van der Waals surface area contributed by atoms with E-state index in [1.807, 2.05) is 47.9 Å². The van der Waals surface area contributed by atoms with Gasteiger partial charge in [0.2, 0.25) is 0 Å². The van der Waals surface area contributed by atoms with Crippen LogP contribution in [0.25, 0.3) is 0 Å². The number of hydrogen-bond acceptors (Lipinski definition) is 4. The number of hydrogen-bond donors (Lipinski definition) is 0. The standard InChI is InChI=1S/C23H28N2O4/c1-3-28-20-10-5-8-18(16-20)22(26)24-12-7-13-25(15-14-24)23(27)19-9-6-11-21(17-19)29-4-2/h5-6,8-11,16-17H,3-4,7,12-15H2,1-2H3. The zero-order chi connectivity index (χ0) is 20.6.